The van der Waals surface area contributed by atoms with Gasteiger partial charge in [0.05, 0.1) is 6.42 Å². The normalized spacial score (nSPS) is 10.3. The molecule has 0 aliphatic rings. The van der Waals surface area contributed by atoms with E-state index in [4.69, 9.17) is 0 Å². The van der Waals surface area contributed by atoms with E-state index in [0.29, 0.717) is 6.42 Å². The number of benzene rings is 2. The maximum atomic E-state index is 12.1. The van der Waals surface area contributed by atoms with E-state index in [2.05, 4.69) is 17.6 Å². The lowest BCUT2D eigenvalue weighted by Crippen LogP contribution is -2.14. The summed E-state index contributed by atoms with van der Waals surface area (Å²) in [4.78, 5) is 12.1. The zero-order chi connectivity index (χ0) is 15.8. The van der Waals surface area contributed by atoms with Crippen LogP contribution in [0.1, 0.15) is 30.9 Å². The second-order valence-corrected chi connectivity index (χ2v) is 5.57. The maximum Gasteiger partial charge on any atom is 0.228 e. The molecule has 3 heteroatoms. The standard InChI is InChI=1S/C19H24N2O/c1-3-4-12-20-17-8-10-18(11-9-17)21-19(22)14-16-7-5-6-15(2)13-16/h5-11,13,20H,3-4,12,14H2,1-2H3,(H,21,22). The SMILES string of the molecule is CCCCNc1ccc(NC(=O)Cc2cccc(C)c2)cc1. The van der Waals surface area contributed by atoms with Gasteiger partial charge in [-0.05, 0) is 43.2 Å². The van der Waals surface area contributed by atoms with Crippen LogP contribution < -0.4 is 10.6 Å². The average Bonchev–Trinajstić information content (AvgIpc) is 2.49. The van der Waals surface area contributed by atoms with Gasteiger partial charge in [-0.2, -0.15) is 0 Å². The first-order valence-electron chi connectivity index (χ1n) is 7.86. The summed E-state index contributed by atoms with van der Waals surface area (Å²) in [6.07, 6.45) is 2.74. The molecule has 116 valence electrons. The van der Waals surface area contributed by atoms with Crippen molar-refractivity contribution in [2.75, 3.05) is 17.2 Å². The van der Waals surface area contributed by atoms with Crippen LogP contribution in [0.25, 0.3) is 0 Å². The minimum Gasteiger partial charge on any atom is -0.385 e. The molecule has 0 atom stereocenters. The van der Waals surface area contributed by atoms with Gasteiger partial charge in [0.1, 0.15) is 0 Å². The zero-order valence-electron chi connectivity index (χ0n) is 13.4. The highest BCUT2D eigenvalue weighted by molar-refractivity contribution is 5.92. The van der Waals surface area contributed by atoms with Gasteiger partial charge in [-0.3, -0.25) is 4.79 Å². The van der Waals surface area contributed by atoms with Gasteiger partial charge in [0.2, 0.25) is 5.91 Å². The van der Waals surface area contributed by atoms with E-state index < -0.39 is 0 Å². The lowest BCUT2D eigenvalue weighted by Gasteiger charge is -2.08. The third-order valence-electron chi connectivity index (χ3n) is 3.48. The number of aryl methyl sites for hydroxylation is 1. The highest BCUT2D eigenvalue weighted by Crippen LogP contribution is 2.14. The van der Waals surface area contributed by atoms with E-state index in [1.807, 2.05) is 55.5 Å². The van der Waals surface area contributed by atoms with Crippen LogP contribution in [0.5, 0.6) is 0 Å². The number of hydrogen-bond acceptors (Lipinski definition) is 2. The fourth-order valence-corrected chi connectivity index (χ4v) is 2.29. The second-order valence-electron chi connectivity index (χ2n) is 5.57. The van der Waals surface area contributed by atoms with Crippen LogP contribution in [0.2, 0.25) is 0 Å². The number of hydrogen-bond donors (Lipinski definition) is 2. The molecule has 2 aromatic carbocycles. The minimum atomic E-state index is 0.0114. The van der Waals surface area contributed by atoms with Crippen molar-refractivity contribution in [1.29, 1.82) is 0 Å². The van der Waals surface area contributed by atoms with Crippen molar-refractivity contribution in [1.82, 2.24) is 0 Å². The fourth-order valence-electron chi connectivity index (χ4n) is 2.29. The Labute approximate surface area is 132 Å². The van der Waals surface area contributed by atoms with Crippen molar-refractivity contribution in [2.45, 2.75) is 33.1 Å². The van der Waals surface area contributed by atoms with Gasteiger partial charge in [-0.15, -0.1) is 0 Å². The third kappa shape index (κ3) is 5.24. The Balaban J connectivity index is 1.86. The molecule has 2 N–H and O–H groups in total. The first kappa shape index (κ1) is 16.1. The summed E-state index contributed by atoms with van der Waals surface area (Å²) in [5.41, 5.74) is 4.13. The van der Waals surface area contributed by atoms with Gasteiger partial charge >= 0.3 is 0 Å². The zero-order valence-corrected chi connectivity index (χ0v) is 13.4. The average molecular weight is 296 g/mol. The van der Waals surface area contributed by atoms with Crippen LogP contribution >= 0.6 is 0 Å². The minimum absolute atomic E-state index is 0.0114. The van der Waals surface area contributed by atoms with Crippen molar-refractivity contribution in [3.8, 4) is 0 Å². The Morgan fingerprint density at radius 3 is 2.45 bits per heavy atom. The number of unbranched alkanes of at least 4 members (excludes halogenated alkanes) is 1. The molecule has 0 aliphatic carbocycles. The van der Waals surface area contributed by atoms with E-state index in [0.717, 1.165) is 29.9 Å². The number of anilines is 2. The number of carbonyl (C=O) groups excluding carboxylic acids is 1. The van der Waals surface area contributed by atoms with E-state index in [1.165, 1.54) is 12.0 Å². The van der Waals surface area contributed by atoms with Gasteiger partial charge in [0.25, 0.3) is 0 Å². The van der Waals surface area contributed by atoms with Crippen LogP contribution in [0.3, 0.4) is 0 Å². The Hall–Kier alpha value is -2.29. The molecule has 0 radical (unpaired) electrons. The monoisotopic (exact) mass is 296 g/mol. The van der Waals surface area contributed by atoms with Gasteiger partial charge < -0.3 is 10.6 Å². The Morgan fingerprint density at radius 2 is 1.77 bits per heavy atom. The molecular formula is C19H24N2O. The molecule has 0 heterocycles. The van der Waals surface area contributed by atoms with E-state index in [-0.39, 0.29) is 5.91 Å². The summed E-state index contributed by atoms with van der Waals surface area (Å²) in [7, 11) is 0. The van der Waals surface area contributed by atoms with Crippen LogP contribution in [-0.4, -0.2) is 12.5 Å². The lowest BCUT2D eigenvalue weighted by molar-refractivity contribution is -0.115. The maximum absolute atomic E-state index is 12.1. The summed E-state index contributed by atoms with van der Waals surface area (Å²) in [6.45, 7) is 5.19. The Bertz CT molecular complexity index is 605. The third-order valence-corrected chi connectivity index (χ3v) is 3.48. The van der Waals surface area contributed by atoms with Crippen LogP contribution in [-0.2, 0) is 11.2 Å². The number of rotatable bonds is 7. The molecule has 0 bridgehead atoms. The fraction of sp³-hybridized carbons (Fsp3) is 0.316. The topological polar surface area (TPSA) is 41.1 Å². The van der Waals surface area contributed by atoms with E-state index in [1.54, 1.807) is 0 Å². The molecule has 0 aromatic heterocycles. The largest absolute Gasteiger partial charge is 0.385 e. The van der Waals surface area contributed by atoms with Crippen LogP contribution in [0.4, 0.5) is 11.4 Å². The van der Waals surface area contributed by atoms with Crippen molar-refractivity contribution >= 4 is 17.3 Å². The summed E-state index contributed by atoms with van der Waals surface area (Å²) in [5.74, 6) is 0.0114. The molecule has 0 spiro atoms. The van der Waals surface area contributed by atoms with Gasteiger partial charge in [0, 0.05) is 17.9 Å². The first-order valence-corrected chi connectivity index (χ1v) is 7.86. The number of nitrogens with one attached hydrogen (secondary N) is 2. The van der Waals surface area contributed by atoms with E-state index >= 15 is 0 Å². The summed E-state index contributed by atoms with van der Waals surface area (Å²) >= 11 is 0. The molecule has 0 aliphatic heterocycles. The summed E-state index contributed by atoms with van der Waals surface area (Å²) in [5, 5.41) is 6.30. The quantitative estimate of drug-likeness (QED) is 0.744. The molecule has 0 saturated carbocycles. The molecule has 2 rings (SSSR count). The molecule has 0 fully saturated rings. The molecular weight excluding hydrogens is 272 g/mol. The van der Waals surface area contributed by atoms with Gasteiger partial charge in [-0.25, -0.2) is 0 Å². The molecule has 0 saturated heterocycles. The first-order chi connectivity index (χ1) is 10.7. The van der Waals surface area contributed by atoms with Crippen LogP contribution in [0.15, 0.2) is 48.5 Å². The van der Waals surface area contributed by atoms with E-state index in [9.17, 15) is 4.79 Å². The van der Waals surface area contributed by atoms with Gasteiger partial charge in [-0.1, -0.05) is 43.2 Å². The highest BCUT2D eigenvalue weighted by atomic mass is 16.1. The van der Waals surface area contributed by atoms with Crippen molar-refractivity contribution < 1.29 is 4.79 Å². The lowest BCUT2D eigenvalue weighted by atomic mass is 10.1. The van der Waals surface area contributed by atoms with Crippen molar-refractivity contribution in [2.24, 2.45) is 0 Å². The molecule has 0 unspecified atom stereocenters. The molecule has 2 aromatic rings. The van der Waals surface area contributed by atoms with Crippen LogP contribution in [0, 0.1) is 6.92 Å². The molecule has 3 nitrogen and oxygen atoms in total. The Kier molecular flexibility index (Phi) is 6.01. The second kappa shape index (κ2) is 8.23. The predicted octanol–water partition coefficient (Wildman–Crippen LogP) is 4.39. The highest BCUT2D eigenvalue weighted by Gasteiger charge is 2.04. The number of carbonyl (C=O) groups is 1. The molecule has 1 amide bonds. The van der Waals surface area contributed by atoms with Gasteiger partial charge in [0.15, 0.2) is 0 Å². The van der Waals surface area contributed by atoms with Crippen molar-refractivity contribution in [3.05, 3.63) is 59.7 Å². The number of amides is 1. The predicted molar refractivity (Wildman–Crippen MR) is 93.4 cm³/mol. The van der Waals surface area contributed by atoms with Crippen molar-refractivity contribution in [3.63, 3.8) is 0 Å². The Morgan fingerprint density at radius 1 is 1.05 bits per heavy atom. The smallest absolute Gasteiger partial charge is 0.228 e. The molecule has 22 heavy (non-hydrogen) atoms. The summed E-state index contributed by atoms with van der Waals surface area (Å²) < 4.78 is 0. The summed E-state index contributed by atoms with van der Waals surface area (Å²) in [6, 6.07) is 15.9.